The van der Waals surface area contributed by atoms with Crippen LogP contribution in [0.2, 0.25) is 0 Å². The molecule has 120 valence electrons. The van der Waals surface area contributed by atoms with Gasteiger partial charge in [-0.25, -0.2) is 17.5 Å². The van der Waals surface area contributed by atoms with Gasteiger partial charge in [0.15, 0.2) is 0 Å². The van der Waals surface area contributed by atoms with Crippen molar-refractivity contribution in [2.45, 2.75) is 18.2 Å². The van der Waals surface area contributed by atoms with Crippen LogP contribution in [-0.2, 0) is 16.4 Å². The first-order valence-electron chi connectivity index (χ1n) is 7.28. The summed E-state index contributed by atoms with van der Waals surface area (Å²) >= 11 is 0. The Morgan fingerprint density at radius 2 is 1.96 bits per heavy atom. The van der Waals surface area contributed by atoms with Crippen LogP contribution in [0.5, 0.6) is 0 Å². The van der Waals surface area contributed by atoms with Gasteiger partial charge in [0.1, 0.15) is 5.82 Å². The summed E-state index contributed by atoms with van der Waals surface area (Å²) in [5.41, 5.74) is 2.58. The number of nitrogens with one attached hydrogen (secondary N) is 2. The van der Waals surface area contributed by atoms with E-state index in [2.05, 4.69) is 9.71 Å². The minimum absolute atomic E-state index is 0.0172. The predicted molar refractivity (Wildman–Crippen MR) is 88.3 cm³/mol. The highest BCUT2D eigenvalue weighted by molar-refractivity contribution is 7.89. The molecule has 0 saturated carbocycles. The summed E-state index contributed by atoms with van der Waals surface area (Å²) in [6.07, 6.45) is 2.43. The van der Waals surface area contributed by atoms with Gasteiger partial charge >= 0.3 is 0 Å². The van der Waals surface area contributed by atoms with Crippen molar-refractivity contribution in [3.05, 3.63) is 65.6 Å². The highest BCUT2D eigenvalue weighted by atomic mass is 32.2. The summed E-state index contributed by atoms with van der Waals surface area (Å²) in [5, 5.41) is 1.08. The largest absolute Gasteiger partial charge is 0.361 e. The molecule has 2 aromatic carbocycles. The van der Waals surface area contributed by atoms with Crippen LogP contribution >= 0.6 is 0 Å². The van der Waals surface area contributed by atoms with Crippen molar-refractivity contribution in [1.82, 2.24) is 9.71 Å². The van der Waals surface area contributed by atoms with E-state index in [-0.39, 0.29) is 11.4 Å². The average molecular weight is 332 g/mol. The number of hydrogen-bond donors (Lipinski definition) is 2. The maximum Gasteiger partial charge on any atom is 0.240 e. The molecular weight excluding hydrogens is 315 g/mol. The molecule has 0 bridgehead atoms. The quantitative estimate of drug-likeness (QED) is 0.754. The van der Waals surface area contributed by atoms with Crippen molar-refractivity contribution in [3.8, 4) is 0 Å². The number of fused-ring (bicyclic) bond motifs is 1. The topological polar surface area (TPSA) is 62.0 Å². The second-order valence-electron chi connectivity index (χ2n) is 5.42. The molecule has 1 heterocycles. The highest BCUT2D eigenvalue weighted by Gasteiger charge is 2.17. The van der Waals surface area contributed by atoms with E-state index in [1.165, 1.54) is 12.1 Å². The fourth-order valence-electron chi connectivity index (χ4n) is 2.60. The Hall–Kier alpha value is -2.18. The van der Waals surface area contributed by atoms with Crippen LogP contribution in [0.4, 0.5) is 4.39 Å². The van der Waals surface area contributed by atoms with Gasteiger partial charge in [0, 0.05) is 23.6 Å². The Labute approximate surface area is 134 Å². The monoisotopic (exact) mass is 332 g/mol. The Bertz CT molecular complexity index is 948. The number of aromatic nitrogens is 1. The molecule has 0 saturated heterocycles. The predicted octanol–water partition coefficient (Wildman–Crippen LogP) is 3.14. The van der Waals surface area contributed by atoms with Crippen molar-refractivity contribution in [3.63, 3.8) is 0 Å². The van der Waals surface area contributed by atoms with Gasteiger partial charge in [0.2, 0.25) is 10.0 Å². The Morgan fingerprint density at radius 1 is 1.17 bits per heavy atom. The lowest BCUT2D eigenvalue weighted by Crippen LogP contribution is -2.26. The minimum atomic E-state index is -3.72. The molecule has 4 nitrogen and oxygen atoms in total. The van der Waals surface area contributed by atoms with Crippen LogP contribution in [-0.4, -0.2) is 19.9 Å². The third-order valence-corrected chi connectivity index (χ3v) is 5.40. The lowest BCUT2D eigenvalue weighted by molar-refractivity contribution is 0.577. The van der Waals surface area contributed by atoms with E-state index in [0.717, 1.165) is 22.5 Å². The van der Waals surface area contributed by atoms with Gasteiger partial charge in [-0.2, -0.15) is 0 Å². The molecule has 23 heavy (non-hydrogen) atoms. The summed E-state index contributed by atoms with van der Waals surface area (Å²) in [4.78, 5) is 3.14. The number of halogens is 1. The van der Waals surface area contributed by atoms with Gasteiger partial charge < -0.3 is 4.98 Å². The van der Waals surface area contributed by atoms with Crippen LogP contribution in [0, 0.1) is 12.7 Å². The second-order valence-corrected chi connectivity index (χ2v) is 7.15. The first kappa shape index (κ1) is 15.7. The molecule has 3 rings (SSSR count). The number of hydrogen-bond acceptors (Lipinski definition) is 2. The summed E-state index contributed by atoms with van der Waals surface area (Å²) < 4.78 is 40.5. The summed E-state index contributed by atoms with van der Waals surface area (Å²) in [6, 6.07) is 11.6. The number of benzene rings is 2. The van der Waals surface area contributed by atoms with Crippen molar-refractivity contribution in [2.75, 3.05) is 6.54 Å². The van der Waals surface area contributed by atoms with Gasteiger partial charge in [-0.1, -0.05) is 24.3 Å². The van der Waals surface area contributed by atoms with E-state index >= 15 is 0 Å². The molecule has 0 atom stereocenters. The minimum Gasteiger partial charge on any atom is -0.361 e. The lowest BCUT2D eigenvalue weighted by atomic mass is 10.1. The fourth-order valence-corrected chi connectivity index (χ4v) is 3.89. The van der Waals surface area contributed by atoms with Gasteiger partial charge in [-0.15, -0.1) is 0 Å². The molecule has 0 aliphatic heterocycles. The molecule has 6 heteroatoms. The second kappa shape index (κ2) is 6.14. The molecule has 3 aromatic rings. The zero-order chi connectivity index (χ0) is 16.4. The molecule has 1 aromatic heterocycles. The lowest BCUT2D eigenvalue weighted by Gasteiger charge is -2.09. The molecule has 0 unspecified atom stereocenters. The molecule has 0 fully saturated rings. The van der Waals surface area contributed by atoms with E-state index in [0.29, 0.717) is 12.0 Å². The van der Waals surface area contributed by atoms with Gasteiger partial charge in [-0.05, 0) is 42.7 Å². The molecular formula is C17H17FN2O2S. The zero-order valence-corrected chi connectivity index (χ0v) is 13.5. The Kier molecular flexibility index (Phi) is 4.19. The number of para-hydroxylation sites is 1. The van der Waals surface area contributed by atoms with E-state index < -0.39 is 15.8 Å². The van der Waals surface area contributed by atoms with E-state index in [4.69, 9.17) is 0 Å². The van der Waals surface area contributed by atoms with Crippen LogP contribution in [0.25, 0.3) is 10.9 Å². The first-order chi connectivity index (χ1) is 11.0. The molecule has 0 aliphatic rings. The zero-order valence-electron chi connectivity index (χ0n) is 12.6. The van der Waals surface area contributed by atoms with Crippen LogP contribution in [0.15, 0.2) is 53.6 Å². The van der Waals surface area contributed by atoms with Crippen LogP contribution in [0.3, 0.4) is 0 Å². The standard InChI is InChI=1S/C17H17FN2O2S/c1-12-6-7-14(18)10-17(12)23(21,22)20-9-8-13-11-19-16-5-3-2-4-15(13)16/h2-7,10-11,19-20H,8-9H2,1H3. The molecule has 0 aliphatic carbocycles. The van der Waals surface area contributed by atoms with E-state index in [1.807, 2.05) is 30.5 Å². The normalized spacial score (nSPS) is 11.9. The Morgan fingerprint density at radius 3 is 2.78 bits per heavy atom. The van der Waals surface area contributed by atoms with Crippen molar-refractivity contribution in [1.29, 1.82) is 0 Å². The molecule has 0 amide bonds. The third-order valence-electron chi connectivity index (χ3n) is 3.80. The average Bonchev–Trinajstić information content (AvgIpc) is 2.93. The highest BCUT2D eigenvalue weighted by Crippen LogP contribution is 2.19. The van der Waals surface area contributed by atoms with Crippen molar-refractivity contribution < 1.29 is 12.8 Å². The molecule has 0 spiro atoms. The van der Waals surface area contributed by atoms with Crippen LogP contribution in [0.1, 0.15) is 11.1 Å². The maximum absolute atomic E-state index is 13.3. The molecule has 0 radical (unpaired) electrons. The number of aryl methyl sites for hydroxylation is 1. The first-order valence-corrected chi connectivity index (χ1v) is 8.76. The smallest absolute Gasteiger partial charge is 0.240 e. The van der Waals surface area contributed by atoms with E-state index in [9.17, 15) is 12.8 Å². The van der Waals surface area contributed by atoms with Crippen LogP contribution < -0.4 is 4.72 Å². The number of H-pyrrole nitrogens is 1. The van der Waals surface area contributed by atoms with Crippen molar-refractivity contribution in [2.24, 2.45) is 0 Å². The number of rotatable bonds is 5. The number of sulfonamides is 1. The van der Waals surface area contributed by atoms with Gasteiger partial charge in [0.05, 0.1) is 4.90 Å². The van der Waals surface area contributed by atoms with E-state index in [1.54, 1.807) is 6.92 Å². The third kappa shape index (κ3) is 3.28. The molecule has 2 N–H and O–H groups in total. The fraction of sp³-hybridized carbons (Fsp3) is 0.176. The van der Waals surface area contributed by atoms with Crippen molar-refractivity contribution >= 4 is 20.9 Å². The van der Waals surface area contributed by atoms with Gasteiger partial charge in [-0.3, -0.25) is 0 Å². The Balaban J connectivity index is 1.74. The maximum atomic E-state index is 13.3. The summed E-state index contributed by atoms with van der Waals surface area (Å²) in [5.74, 6) is -0.562. The summed E-state index contributed by atoms with van der Waals surface area (Å²) in [6.45, 7) is 1.90. The SMILES string of the molecule is Cc1ccc(F)cc1S(=O)(=O)NCCc1c[nH]c2ccccc12. The summed E-state index contributed by atoms with van der Waals surface area (Å²) in [7, 11) is -3.72. The number of aromatic amines is 1. The van der Waals surface area contributed by atoms with Gasteiger partial charge in [0.25, 0.3) is 0 Å².